The lowest BCUT2D eigenvalue weighted by atomic mass is 10.2. The van der Waals surface area contributed by atoms with Crippen LogP contribution in [0.2, 0.25) is 0 Å². The van der Waals surface area contributed by atoms with E-state index in [0.29, 0.717) is 5.69 Å². The first-order chi connectivity index (χ1) is 6.93. The number of aromatic amines is 1. The first kappa shape index (κ1) is 11.6. The number of nitrogens with zero attached hydrogens (tertiary/aromatic N) is 1. The fourth-order valence-corrected chi connectivity index (χ4v) is 1.00. The van der Waals surface area contributed by atoms with Gasteiger partial charge in [-0.15, -0.1) is 0 Å². The van der Waals surface area contributed by atoms with Crippen LogP contribution in [-0.2, 0) is 4.79 Å². The molecule has 1 amide bonds. The van der Waals surface area contributed by atoms with Crippen LogP contribution in [0.5, 0.6) is 0 Å². The molecule has 15 heavy (non-hydrogen) atoms. The minimum atomic E-state index is -2.74. The Labute approximate surface area is 85.0 Å². The van der Waals surface area contributed by atoms with Crippen LogP contribution in [-0.4, -0.2) is 22.1 Å². The van der Waals surface area contributed by atoms with Crippen LogP contribution < -0.4 is 11.1 Å². The van der Waals surface area contributed by atoms with E-state index in [1.807, 2.05) is 0 Å². The zero-order chi connectivity index (χ0) is 11.6. The van der Waals surface area contributed by atoms with Gasteiger partial charge < -0.3 is 11.1 Å². The summed E-state index contributed by atoms with van der Waals surface area (Å²) < 4.78 is 24.9. The molecule has 1 rings (SSSR count). The van der Waals surface area contributed by atoms with E-state index in [4.69, 9.17) is 5.73 Å². The molecule has 0 aliphatic heterocycles. The molecule has 0 radical (unpaired) electrons. The highest BCUT2D eigenvalue weighted by Gasteiger charge is 2.21. The molecule has 0 fully saturated rings. The first-order valence-electron chi connectivity index (χ1n) is 4.33. The summed E-state index contributed by atoms with van der Waals surface area (Å²) in [6.07, 6.45) is -2.74. The van der Waals surface area contributed by atoms with E-state index in [-0.39, 0.29) is 5.69 Å². The molecule has 0 saturated carbocycles. The quantitative estimate of drug-likeness (QED) is 0.706. The minimum absolute atomic E-state index is 0.00676. The highest BCUT2D eigenvalue weighted by molar-refractivity contribution is 5.95. The van der Waals surface area contributed by atoms with E-state index in [9.17, 15) is 13.6 Å². The van der Waals surface area contributed by atoms with Gasteiger partial charge in [0.05, 0.1) is 17.4 Å². The lowest BCUT2D eigenvalue weighted by Crippen LogP contribution is -2.32. The summed E-state index contributed by atoms with van der Waals surface area (Å²) in [6.45, 7) is 3.00. The van der Waals surface area contributed by atoms with Gasteiger partial charge in [0.15, 0.2) is 5.69 Å². The lowest BCUT2D eigenvalue weighted by Gasteiger charge is -2.08. The van der Waals surface area contributed by atoms with Gasteiger partial charge in [0.2, 0.25) is 5.91 Å². The predicted octanol–water partition coefficient (Wildman–Crippen LogP) is 0.941. The molecule has 0 spiro atoms. The molecule has 1 aromatic rings. The molecule has 1 atom stereocenters. The van der Waals surface area contributed by atoms with Gasteiger partial charge in [-0.3, -0.25) is 9.89 Å². The Morgan fingerprint density at radius 1 is 1.60 bits per heavy atom. The fourth-order valence-electron chi connectivity index (χ4n) is 1.00. The van der Waals surface area contributed by atoms with Crippen molar-refractivity contribution in [1.29, 1.82) is 0 Å². The van der Waals surface area contributed by atoms with Gasteiger partial charge in [-0.05, 0) is 13.8 Å². The number of hydrogen-bond acceptors (Lipinski definition) is 3. The largest absolute Gasteiger partial charge is 0.321 e. The van der Waals surface area contributed by atoms with E-state index in [2.05, 4.69) is 15.5 Å². The topological polar surface area (TPSA) is 83.8 Å². The number of nitrogens with one attached hydrogen (secondary N) is 2. The van der Waals surface area contributed by atoms with E-state index in [1.54, 1.807) is 0 Å². The number of amides is 1. The van der Waals surface area contributed by atoms with E-state index in [0.717, 1.165) is 0 Å². The molecule has 4 N–H and O–H groups in total. The van der Waals surface area contributed by atoms with Crippen LogP contribution in [0.4, 0.5) is 14.5 Å². The summed E-state index contributed by atoms with van der Waals surface area (Å²) in [5.74, 6) is -0.526. The van der Waals surface area contributed by atoms with Crippen molar-refractivity contribution in [3.8, 4) is 0 Å². The van der Waals surface area contributed by atoms with Gasteiger partial charge in [0.1, 0.15) is 0 Å². The van der Waals surface area contributed by atoms with E-state index < -0.39 is 24.1 Å². The van der Waals surface area contributed by atoms with Crippen molar-refractivity contribution in [2.75, 3.05) is 5.32 Å². The molecule has 1 unspecified atom stereocenters. The van der Waals surface area contributed by atoms with Crippen molar-refractivity contribution in [1.82, 2.24) is 10.2 Å². The molecule has 0 bridgehead atoms. The fraction of sp³-hybridized carbons (Fsp3) is 0.500. The number of nitrogens with two attached hydrogens (primary N) is 1. The number of carbonyl (C=O) groups excluding carboxylic acids is 1. The highest BCUT2D eigenvalue weighted by atomic mass is 19.3. The van der Waals surface area contributed by atoms with Crippen LogP contribution in [0.3, 0.4) is 0 Å². The molecule has 0 aliphatic rings. The average molecular weight is 218 g/mol. The van der Waals surface area contributed by atoms with E-state index >= 15 is 0 Å². The number of aromatic nitrogens is 2. The van der Waals surface area contributed by atoms with Crippen molar-refractivity contribution < 1.29 is 13.6 Å². The van der Waals surface area contributed by atoms with Gasteiger partial charge in [-0.2, -0.15) is 5.10 Å². The summed E-state index contributed by atoms with van der Waals surface area (Å²) in [7, 11) is 0. The molecule has 0 aliphatic carbocycles. The van der Waals surface area contributed by atoms with Crippen LogP contribution in [0.25, 0.3) is 0 Å². The van der Waals surface area contributed by atoms with Gasteiger partial charge in [-0.1, -0.05) is 0 Å². The number of rotatable bonds is 3. The molecular formula is C8H12F2N4O. The summed E-state index contributed by atoms with van der Waals surface area (Å²) >= 11 is 0. The second-order valence-electron chi connectivity index (χ2n) is 3.19. The third-order valence-electron chi connectivity index (χ3n) is 1.84. The van der Waals surface area contributed by atoms with Crippen molar-refractivity contribution >= 4 is 11.6 Å². The number of alkyl halides is 2. The maximum Gasteiger partial charge on any atom is 0.284 e. The number of carbonyl (C=O) groups is 1. The zero-order valence-corrected chi connectivity index (χ0v) is 8.34. The Kier molecular flexibility index (Phi) is 3.35. The average Bonchev–Trinajstić information content (AvgIpc) is 2.48. The smallest absolute Gasteiger partial charge is 0.284 e. The lowest BCUT2D eigenvalue weighted by molar-refractivity contribution is -0.117. The standard InChI is InChI=1S/C8H12F2N4O/c1-3(11)8(15)12-5-4(2)13-14-6(5)7(9)10/h3,7H,11H2,1-2H3,(H,12,15)(H,13,14). The maximum absolute atomic E-state index is 12.4. The molecule has 1 aromatic heterocycles. The summed E-state index contributed by atoms with van der Waals surface area (Å²) in [5.41, 5.74) is 5.21. The van der Waals surface area contributed by atoms with Gasteiger partial charge in [0.25, 0.3) is 6.43 Å². The SMILES string of the molecule is Cc1[nH]nc(C(F)F)c1NC(=O)C(C)N. The molecule has 7 heteroatoms. The van der Waals surface area contributed by atoms with Crippen LogP contribution in [0.1, 0.15) is 24.7 Å². The summed E-state index contributed by atoms with van der Waals surface area (Å²) in [5, 5.41) is 8.08. The number of anilines is 1. The number of hydrogen-bond donors (Lipinski definition) is 3. The summed E-state index contributed by atoms with van der Waals surface area (Å²) in [4.78, 5) is 11.2. The predicted molar refractivity (Wildman–Crippen MR) is 50.6 cm³/mol. The Morgan fingerprint density at radius 3 is 2.67 bits per heavy atom. The third kappa shape index (κ3) is 2.50. The van der Waals surface area contributed by atoms with E-state index in [1.165, 1.54) is 13.8 Å². The van der Waals surface area contributed by atoms with Crippen molar-refractivity contribution in [3.63, 3.8) is 0 Å². The number of aryl methyl sites for hydroxylation is 1. The van der Waals surface area contributed by atoms with Crippen molar-refractivity contribution in [2.45, 2.75) is 26.3 Å². The van der Waals surface area contributed by atoms with Crippen molar-refractivity contribution in [2.24, 2.45) is 5.73 Å². The molecule has 5 nitrogen and oxygen atoms in total. The molecule has 84 valence electrons. The van der Waals surface area contributed by atoms with Crippen molar-refractivity contribution in [3.05, 3.63) is 11.4 Å². The van der Waals surface area contributed by atoms with Crippen LogP contribution >= 0.6 is 0 Å². The second kappa shape index (κ2) is 4.35. The van der Waals surface area contributed by atoms with Crippen LogP contribution in [0.15, 0.2) is 0 Å². The third-order valence-corrected chi connectivity index (χ3v) is 1.84. The van der Waals surface area contributed by atoms with Gasteiger partial charge >= 0.3 is 0 Å². The summed E-state index contributed by atoms with van der Waals surface area (Å²) in [6, 6.07) is -0.759. The number of H-pyrrole nitrogens is 1. The van der Waals surface area contributed by atoms with Crippen LogP contribution in [0, 0.1) is 6.92 Å². The maximum atomic E-state index is 12.4. The highest BCUT2D eigenvalue weighted by Crippen LogP contribution is 2.27. The second-order valence-corrected chi connectivity index (χ2v) is 3.19. The first-order valence-corrected chi connectivity index (χ1v) is 4.33. The monoisotopic (exact) mass is 218 g/mol. The van der Waals surface area contributed by atoms with Gasteiger partial charge in [0, 0.05) is 0 Å². The molecule has 0 aromatic carbocycles. The minimum Gasteiger partial charge on any atom is -0.321 e. The normalized spacial score (nSPS) is 12.9. The Hall–Kier alpha value is -1.50. The van der Waals surface area contributed by atoms with Gasteiger partial charge in [-0.25, -0.2) is 8.78 Å². The Bertz CT molecular complexity index is 362. The zero-order valence-electron chi connectivity index (χ0n) is 8.34. The number of halogens is 2. The molecular weight excluding hydrogens is 206 g/mol. The Balaban J connectivity index is 2.93. The Morgan fingerprint density at radius 2 is 2.20 bits per heavy atom. The molecule has 0 saturated heterocycles. The molecule has 1 heterocycles.